The van der Waals surface area contributed by atoms with Gasteiger partial charge in [-0.05, 0) is 0 Å². The average Bonchev–Trinajstić information content (AvgIpc) is 2.40. The summed E-state index contributed by atoms with van der Waals surface area (Å²) in [5.41, 5.74) is 0. The van der Waals surface area contributed by atoms with Crippen LogP contribution in [0.5, 0.6) is 0 Å². The summed E-state index contributed by atoms with van der Waals surface area (Å²) < 4.78 is 22.2. The molecule has 7 heteroatoms. The van der Waals surface area contributed by atoms with E-state index >= 15 is 0 Å². The highest BCUT2D eigenvalue weighted by Crippen LogP contribution is 2.06. The van der Waals surface area contributed by atoms with Crippen LogP contribution in [0, 0.1) is 0 Å². The van der Waals surface area contributed by atoms with E-state index in [1.54, 1.807) is 0 Å². The second kappa shape index (κ2) is 6.91. The monoisotopic (exact) mass is 236 g/mol. The van der Waals surface area contributed by atoms with Gasteiger partial charge in [0, 0.05) is 16.5 Å². The van der Waals surface area contributed by atoms with Gasteiger partial charge in [0.25, 0.3) is 0 Å². The molecule has 7 nitrogen and oxygen atoms in total. The summed E-state index contributed by atoms with van der Waals surface area (Å²) >= 11 is 0. The van der Waals surface area contributed by atoms with E-state index in [1.165, 1.54) is 0 Å². The highest BCUT2D eigenvalue weighted by molar-refractivity contribution is 5.67. The zero-order valence-corrected chi connectivity index (χ0v) is 8.37. The Kier molecular flexibility index (Phi) is 4.76. The molecule has 0 aromatic heterocycles. The maximum Gasteiger partial charge on any atom is 0.303 e. The maximum absolute atomic E-state index is 10.9. The molecule has 0 amide bonds. The first kappa shape index (κ1) is 11.0. The fourth-order valence-corrected chi connectivity index (χ4v) is 0.878. The second-order valence-corrected chi connectivity index (χ2v) is 2.83. The number of carbonyl (C=O) groups is 3. The zero-order chi connectivity index (χ0) is 14.1. The van der Waals surface area contributed by atoms with E-state index in [-0.39, 0.29) is 6.29 Å². The van der Waals surface area contributed by atoms with Crippen molar-refractivity contribution in [1.82, 2.24) is 0 Å². The van der Waals surface area contributed by atoms with Crippen molar-refractivity contribution >= 4 is 18.2 Å². The lowest BCUT2D eigenvalue weighted by molar-refractivity contribution is -0.168. The number of aliphatic hydroxyl groups excluding tert-OH is 2. The summed E-state index contributed by atoms with van der Waals surface area (Å²) in [6.07, 6.45) is -5.02. The Morgan fingerprint density at radius 2 is 2.00 bits per heavy atom. The summed E-state index contributed by atoms with van der Waals surface area (Å²) in [7, 11) is 0. The van der Waals surface area contributed by atoms with E-state index in [2.05, 4.69) is 9.47 Å². The summed E-state index contributed by atoms with van der Waals surface area (Å²) in [5, 5.41) is 18.7. The smallest absolute Gasteiger partial charge is 0.303 e. The molecule has 0 fully saturated rings. The first-order valence-corrected chi connectivity index (χ1v) is 4.21. The highest BCUT2D eigenvalue weighted by Gasteiger charge is 2.30. The summed E-state index contributed by atoms with van der Waals surface area (Å²) in [6, 6.07) is 0. The molecule has 0 aromatic rings. The van der Waals surface area contributed by atoms with Crippen molar-refractivity contribution in [2.75, 3.05) is 6.61 Å². The summed E-state index contributed by atoms with van der Waals surface area (Å²) in [6.45, 7) is -2.04. The molecule has 0 unspecified atom stereocenters. The number of ether oxygens (including phenoxy) is 2. The topological polar surface area (TPSA) is 110 Å². The molecule has 0 heterocycles. The van der Waals surface area contributed by atoms with Crippen LogP contribution in [0.2, 0.25) is 0 Å². The second-order valence-electron chi connectivity index (χ2n) is 2.83. The molecular formula is C9H14O7. The molecule has 0 rings (SSSR count). The van der Waals surface area contributed by atoms with Gasteiger partial charge in [-0.2, -0.15) is 0 Å². The van der Waals surface area contributed by atoms with Gasteiger partial charge in [0.05, 0.1) is 0 Å². The van der Waals surface area contributed by atoms with Crippen LogP contribution in [0.3, 0.4) is 0 Å². The van der Waals surface area contributed by atoms with Crippen molar-refractivity contribution < 1.29 is 36.8 Å². The molecule has 2 N–H and O–H groups in total. The third kappa shape index (κ3) is 5.42. The van der Waals surface area contributed by atoms with Gasteiger partial charge in [-0.1, -0.05) is 0 Å². The van der Waals surface area contributed by atoms with Crippen LogP contribution in [0.4, 0.5) is 0 Å². The fraction of sp³-hybridized carbons (Fsp3) is 0.667. The Bertz CT molecular complexity index is 297. The van der Waals surface area contributed by atoms with Gasteiger partial charge in [0.15, 0.2) is 12.4 Å². The number of esters is 2. The third-order valence-electron chi connectivity index (χ3n) is 1.54. The van der Waals surface area contributed by atoms with Crippen molar-refractivity contribution in [2.45, 2.75) is 32.1 Å². The van der Waals surface area contributed by atoms with E-state index in [1.807, 2.05) is 0 Å². The normalized spacial score (nSPS) is 17.4. The van der Waals surface area contributed by atoms with Crippen LogP contribution in [0.25, 0.3) is 0 Å². The third-order valence-corrected chi connectivity index (χ3v) is 1.54. The fourth-order valence-electron chi connectivity index (χ4n) is 0.878. The molecule has 0 aliphatic heterocycles. The van der Waals surface area contributed by atoms with Crippen LogP contribution in [-0.2, 0) is 23.9 Å². The Morgan fingerprint density at radius 1 is 1.38 bits per heavy atom. The molecule has 0 aromatic carbocycles. The lowest BCUT2D eigenvalue weighted by Crippen LogP contribution is -2.44. The molecule has 3 atom stereocenters. The number of carbonyl (C=O) groups excluding carboxylic acids is 3. The Labute approximate surface area is 94.8 Å². The molecule has 0 saturated heterocycles. The average molecular weight is 236 g/mol. The SMILES string of the molecule is [2H]CC(=O)OC[C@@H](O)[C@@H](OC(=O)C[2H])[C@@H](O)C=O. The minimum atomic E-state index is -1.80. The van der Waals surface area contributed by atoms with Gasteiger partial charge in [-0.15, -0.1) is 0 Å². The maximum atomic E-state index is 10.9. The first-order chi connectivity index (χ1) is 8.46. The predicted octanol–water partition coefficient (Wildman–Crippen LogP) is -1.60. The van der Waals surface area contributed by atoms with Gasteiger partial charge in [-0.3, -0.25) is 9.59 Å². The molecule has 16 heavy (non-hydrogen) atoms. The Hall–Kier alpha value is -1.47. The standard InChI is InChI=1S/C9H14O7/c1-5(11)15-4-8(14)9(7(13)3-10)16-6(2)12/h3,7-9,13-14H,4H2,1-2H3/t7-,8+,9-/m0/s1/i1D,2D. The number of aliphatic hydroxyl groups is 2. The van der Waals surface area contributed by atoms with Crippen LogP contribution >= 0.6 is 0 Å². The van der Waals surface area contributed by atoms with Crippen molar-refractivity contribution in [3.8, 4) is 0 Å². The highest BCUT2D eigenvalue weighted by atomic mass is 16.6. The number of rotatable bonds is 6. The van der Waals surface area contributed by atoms with E-state index in [9.17, 15) is 24.6 Å². The molecule has 0 radical (unpaired) electrons. The Balaban J connectivity index is 4.49. The van der Waals surface area contributed by atoms with Gasteiger partial charge in [0.2, 0.25) is 0 Å². The number of hydrogen-bond acceptors (Lipinski definition) is 7. The summed E-state index contributed by atoms with van der Waals surface area (Å²) in [4.78, 5) is 31.9. The predicted molar refractivity (Wildman–Crippen MR) is 50.3 cm³/mol. The number of aldehydes is 1. The molecule has 0 saturated carbocycles. The molecule has 0 aliphatic rings. The minimum Gasteiger partial charge on any atom is -0.463 e. The lowest BCUT2D eigenvalue weighted by Gasteiger charge is -2.23. The molecule has 0 bridgehead atoms. The largest absolute Gasteiger partial charge is 0.463 e. The molecular weight excluding hydrogens is 220 g/mol. The minimum absolute atomic E-state index is 0.0391. The van der Waals surface area contributed by atoms with E-state index < -0.39 is 50.7 Å². The van der Waals surface area contributed by atoms with Crippen molar-refractivity contribution in [3.05, 3.63) is 0 Å². The molecule has 0 spiro atoms. The van der Waals surface area contributed by atoms with Crippen LogP contribution in [0.1, 0.15) is 16.5 Å². The zero-order valence-electron chi connectivity index (χ0n) is 10.4. The molecule has 0 aliphatic carbocycles. The quantitative estimate of drug-likeness (QED) is 0.422. The van der Waals surface area contributed by atoms with E-state index in [4.69, 9.17) is 2.74 Å². The van der Waals surface area contributed by atoms with Crippen LogP contribution < -0.4 is 0 Å². The summed E-state index contributed by atoms with van der Waals surface area (Å²) in [5.74, 6) is -1.97. The molecule has 92 valence electrons. The Morgan fingerprint density at radius 3 is 2.50 bits per heavy atom. The van der Waals surface area contributed by atoms with Gasteiger partial charge >= 0.3 is 11.9 Å². The van der Waals surface area contributed by atoms with Crippen molar-refractivity contribution in [1.29, 1.82) is 0 Å². The van der Waals surface area contributed by atoms with Crippen molar-refractivity contribution in [3.63, 3.8) is 0 Å². The van der Waals surface area contributed by atoms with Crippen LogP contribution in [0.15, 0.2) is 0 Å². The van der Waals surface area contributed by atoms with Crippen molar-refractivity contribution in [2.24, 2.45) is 0 Å². The number of hydrogen-bond donors (Lipinski definition) is 2. The van der Waals surface area contributed by atoms with Crippen LogP contribution in [-0.4, -0.2) is 53.4 Å². The van der Waals surface area contributed by atoms with Gasteiger partial charge in [0.1, 0.15) is 18.8 Å². The van der Waals surface area contributed by atoms with Gasteiger partial charge < -0.3 is 24.5 Å². The van der Waals surface area contributed by atoms with E-state index in [0.717, 1.165) is 0 Å². The lowest BCUT2D eigenvalue weighted by atomic mass is 10.1. The van der Waals surface area contributed by atoms with Gasteiger partial charge in [-0.25, -0.2) is 0 Å². The van der Waals surface area contributed by atoms with E-state index in [0.29, 0.717) is 0 Å². The first-order valence-electron chi connectivity index (χ1n) is 5.62.